The minimum atomic E-state index is -0.202. The first-order chi connectivity index (χ1) is 6.20. The van der Waals surface area contributed by atoms with Gasteiger partial charge < -0.3 is 4.74 Å². The van der Waals surface area contributed by atoms with E-state index in [1.54, 1.807) is 0 Å². The molecule has 1 atom stereocenters. The van der Waals surface area contributed by atoms with Crippen molar-refractivity contribution in [1.82, 2.24) is 0 Å². The van der Waals surface area contributed by atoms with Crippen molar-refractivity contribution in [2.45, 2.75) is 52.6 Å². The van der Waals surface area contributed by atoms with Gasteiger partial charge in [0.15, 0.2) is 0 Å². The molecule has 0 spiro atoms. The molecular formula is C11H20O2. The van der Waals surface area contributed by atoms with Crippen LogP contribution < -0.4 is 0 Å². The van der Waals surface area contributed by atoms with Crippen LogP contribution in [-0.2, 0) is 9.53 Å². The second-order valence-electron chi connectivity index (χ2n) is 3.13. The van der Waals surface area contributed by atoms with Crippen molar-refractivity contribution < 1.29 is 9.53 Å². The Morgan fingerprint density at radius 3 is 2.62 bits per heavy atom. The second kappa shape index (κ2) is 7.84. The number of hydrogen-bond acceptors (Lipinski definition) is 2. The summed E-state index contributed by atoms with van der Waals surface area (Å²) in [5.41, 5.74) is 0. The number of carbonyl (C=O) groups is 1. The molecule has 76 valence electrons. The lowest BCUT2D eigenvalue weighted by Crippen LogP contribution is -2.11. The maximum absolute atomic E-state index is 10.6. The van der Waals surface area contributed by atoms with E-state index in [2.05, 4.69) is 13.0 Å². The number of unbranched alkanes of at least 4 members (excludes halogenated alkanes) is 2. The molecule has 0 aliphatic carbocycles. The summed E-state index contributed by atoms with van der Waals surface area (Å²) in [6, 6.07) is 0. The summed E-state index contributed by atoms with van der Waals surface area (Å²) in [4.78, 5) is 10.6. The fourth-order valence-corrected chi connectivity index (χ4v) is 1.04. The Morgan fingerprint density at radius 1 is 1.46 bits per heavy atom. The van der Waals surface area contributed by atoms with Crippen molar-refractivity contribution in [3.05, 3.63) is 12.2 Å². The highest BCUT2D eigenvalue weighted by Gasteiger charge is 2.03. The molecule has 13 heavy (non-hydrogen) atoms. The third-order valence-corrected chi connectivity index (χ3v) is 1.79. The molecule has 0 fully saturated rings. The Bertz CT molecular complexity index is 161. The zero-order chi connectivity index (χ0) is 10.1. The number of allylic oxidation sites excluding steroid dienone is 1. The zero-order valence-electron chi connectivity index (χ0n) is 8.88. The number of carbonyl (C=O) groups excluding carboxylic acids is 1. The van der Waals surface area contributed by atoms with Gasteiger partial charge in [0, 0.05) is 6.92 Å². The van der Waals surface area contributed by atoms with Gasteiger partial charge in [0.2, 0.25) is 0 Å². The minimum Gasteiger partial charge on any atom is -0.458 e. The van der Waals surface area contributed by atoms with E-state index >= 15 is 0 Å². The molecule has 0 saturated heterocycles. The van der Waals surface area contributed by atoms with Crippen LogP contribution in [0.3, 0.4) is 0 Å². The molecule has 0 bridgehead atoms. The van der Waals surface area contributed by atoms with Crippen LogP contribution in [0.2, 0.25) is 0 Å². The molecule has 0 radical (unpaired) electrons. The molecule has 0 aliphatic heterocycles. The Morgan fingerprint density at radius 2 is 2.15 bits per heavy atom. The number of hydrogen-bond donors (Lipinski definition) is 0. The van der Waals surface area contributed by atoms with Crippen LogP contribution in [0.15, 0.2) is 12.2 Å². The number of ether oxygens (including phenoxy) is 1. The minimum absolute atomic E-state index is 0.0330. The van der Waals surface area contributed by atoms with Gasteiger partial charge in [-0.25, -0.2) is 0 Å². The van der Waals surface area contributed by atoms with Gasteiger partial charge in [0.25, 0.3) is 0 Å². The lowest BCUT2D eigenvalue weighted by atomic mass is 10.2. The van der Waals surface area contributed by atoms with Gasteiger partial charge in [-0.1, -0.05) is 32.8 Å². The highest BCUT2D eigenvalue weighted by molar-refractivity contribution is 5.66. The van der Waals surface area contributed by atoms with Gasteiger partial charge in [-0.3, -0.25) is 4.79 Å². The Labute approximate surface area is 81.0 Å². The van der Waals surface area contributed by atoms with Crippen LogP contribution in [-0.4, -0.2) is 12.1 Å². The summed E-state index contributed by atoms with van der Waals surface area (Å²) < 4.78 is 5.05. The SMILES string of the molecule is CCCC/C=C/[C@@H](CC)OC(C)=O. The molecule has 0 saturated carbocycles. The van der Waals surface area contributed by atoms with Crippen LogP contribution in [0.25, 0.3) is 0 Å². The average molecular weight is 184 g/mol. The summed E-state index contributed by atoms with van der Waals surface area (Å²) in [6.45, 7) is 5.62. The predicted molar refractivity (Wildman–Crippen MR) is 54.5 cm³/mol. The fraction of sp³-hybridized carbons (Fsp3) is 0.727. The average Bonchev–Trinajstić information content (AvgIpc) is 2.09. The highest BCUT2D eigenvalue weighted by Crippen LogP contribution is 2.03. The smallest absolute Gasteiger partial charge is 0.303 e. The monoisotopic (exact) mass is 184 g/mol. The fourth-order valence-electron chi connectivity index (χ4n) is 1.04. The third kappa shape index (κ3) is 7.57. The molecular weight excluding hydrogens is 164 g/mol. The van der Waals surface area contributed by atoms with Crippen LogP contribution in [0.1, 0.15) is 46.5 Å². The van der Waals surface area contributed by atoms with Crippen LogP contribution in [0, 0.1) is 0 Å². The molecule has 0 aromatic rings. The number of esters is 1. The molecule has 0 aromatic heterocycles. The summed E-state index contributed by atoms with van der Waals surface area (Å²) in [5.74, 6) is -0.202. The van der Waals surface area contributed by atoms with E-state index in [9.17, 15) is 4.79 Å². The topological polar surface area (TPSA) is 26.3 Å². The van der Waals surface area contributed by atoms with E-state index in [1.165, 1.54) is 19.8 Å². The summed E-state index contributed by atoms with van der Waals surface area (Å²) in [5, 5.41) is 0. The standard InChI is InChI=1S/C11H20O2/c1-4-6-7-8-9-11(5-2)13-10(3)12/h8-9,11H,4-7H2,1-3H3/b9-8+/t11-/m1/s1. The molecule has 2 nitrogen and oxygen atoms in total. The predicted octanol–water partition coefficient (Wildman–Crippen LogP) is 3.07. The maximum atomic E-state index is 10.6. The van der Waals surface area contributed by atoms with Gasteiger partial charge in [-0.15, -0.1) is 0 Å². The molecule has 0 unspecified atom stereocenters. The van der Waals surface area contributed by atoms with E-state index in [0.717, 1.165) is 12.8 Å². The summed E-state index contributed by atoms with van der Waals surface area (Å²) in [6.07, 6.45) is 8.38. The van der Waals surface area contributed by atoms with Crippen molar-refractivity contribution in [1.29, 1.82) is 0 Å². The summed E-state index contributed by atoms with van der Waals surface area (Å²) in [7, 11) is 0. The van der Waals surface area contributed by atoms with E-state index in [0.29, 0.717) is 0 Å². The van der Waals surface area contributed by atoms with E-state index in [1.807, 2.05) is 13.0 Å². The van der Waals surface area contributed by atoms with E-state index in [-0.39, 0.29) is 12.1 Å². The largest absolute Gasteiger partial charge is 0.458 e. The molecule has 0 amide bonds. The highest BCUT2D eigenvalue weighted by atomic mass is 16.5. The summed E-state index contributed by atoms with van der Waals surface area (Å²) >= 11 is 0. The van der Waals surface area contributed by atoms with Crippen LogP contribution in [0.4, 0.5) is 0 Å². The normalized spacial score (nSPS) is 13.2. The molecule has 0 aliphatic rings. The van der Waals surface area contributed by atoms with Gasteiger partial charge in [-0.05, 0) is 18.9 Å². The molecule has 2 heteroatoms. The molecule has 0 heterocycles. The van der Waals surface area contributed by atoms with Gasteiger partial charge in [0.05, 0.1) is 0 Å². The molecule has 0 N–H and O–H groups in total. The van der Waals surface area contributed by atoms with Gasteiger partial charge in [0.1, 0.15) is 6.10 Å². The van der Waals surface area contributed by atoms with Crippen molar-refractivity contribution in [3.8, 4) is 0 Å². The number of rotatable bonds is 6. The third-order valence-electron chi connectivity index (χ3n) is 1.79. The quantitative estimate of drug-likeness (QED) is 0.360. The first kappa shape index (κ1) is 12.2. The van der Waals surface area contributed by atoms with Crippen molar-refractivity contribution in [2.75, 3.05) is 0 Å². The molecule has 0 rings (SSSR count). The first-order valence-electron chi connectivity index (χ1n) is 5.04. The maximum Gasteiger partial charge on any atom is 0.303 e. The lowest BCUT2D eigenvalue weighted by Gasteiger charge is -2.09. The Hall–Kier alpha value is -0.790. The van der Waals surface area contributed by atoms with Gasteiger partial charge >= 0.3 is 5.97 Å². The van der Waals surface area contributed by atoms with E-state index < -0.39 is 0 Å². The second-order valence-corrected chi connectivity index (χ2v) is 3.13. The Balaban J connectivity index is 3.69. The van der Waals surface area contributed by atoms with Crippen LogP contribution in [0.5, 0.6) is 0 Å². The van der Waals surface area contributed by atoms with Crippen molar-refractivity contribution in [2.24, 2.45) is 0 Å². The lowest BCUT2D eigenvalue weighted by molar-refractivity contribution is -0.144. The first-order valence-corrected chi connectivity index (χ1v) is 5.04. The van der Waals surface area contributed by atoms with Crippen molar-refractivity contribution >= 4 is 5.97 Å². The van der Waals surface area contributed by atoms with Crippen molar-refractivity contribution in [3.63, 3.8) is 0 Å². The Kier molecular flexibility index (Phi) is 7.36. The van der Waals surface area contributed by atoms with E-state index in [4.69, 9.17) is 4.74 Å². The zero-order valence-corrected chi connectivity index (χ0v) is 8.88. The molecule has 0 aromatic carbocycles. The van der Waals surface area contributed by atoms with Gasteiger partial charge in [-0.2, -0.15) is 0 Å². The van der Waals surface area contributed by atoms with Crippen LogP contribution >= 0.6 is 0 Å².